The summed E-state index contributed by atoms with van der Waals surface area (Å²) in [5, 5.41) is 11.0. The summed E-state index contributed by atoms with van der Waals surface area (Å²) in [5.41, 5.74) is -0.275. The van der Waals surface area contributed by atoms with Crippen LogP contribution >= 0.6 is 27.5 Å². The molecule has 0 fully saturated rings. The van der Waals surface area contributed by atoms with Crippen LogP contribution in [-0.2, 0) is 0 Å². The molecule has 0 radical (unpaired) electrons. The third kappa shape index (κ3) is 2.96. The Morgan fingerprint density at radius 2 is 2.17 bits per heavy atom. The molecular formula is C11H6BrClN2O3. The van der Waals surface area contributed by atoms with Gasteiger partial charge < -0.3 is 4.74 Å². The largest absolute Gasteiger partial charge is 0.434 e. The molecular weight excluding hydrogens is 323 g/mol. The molecule has 2 rings (SSSR count). The van der Waals surface area contributed by atoms with Gasteiger partial charge in [-0.1, -0.05) is 33.6 Å². The van der Waals surface area contributed by atoms with Gasteiger partial charge >= 0.3 is 5.69 Å². The van der Waals surface area contributed by atoms with E-state index in [1.165, 1.54) is 12.3 Å². The summed E-state index contributed by atoms with van der Waals surface area (Å²) in [5.74, 6) is 0.352. The smallest absolute Gasteiger partial charge is 0.332 e. The molecule has 0 N–H and O–H groups in total. The zero-order valence-corrected chi connectivity index (χ0v) is 11.2. The average Bonchev–Trinajstić information content (AvgIpc) is 2.31. The van der Waals surface area contributed by atoms with Crippen LogP contribution in [0.4, 0.5) is 5.69 Å². The first kappa shape index (κ1) is 12.8. The summed E-state index contributed by atoms with van der Waals surface area (Å²) in [6.45, 7) is 0. The van der Waals surface area contributed by atoms with E-state index in [1.807, 2.05) is 6.07 Å². The Bertz CT molecular complexity index is 607. The van der Waals surface area contributed by atoms with Crippen molar-refractivity contribution >= 4 is 33.2 Å². The van der Waals surface area contributed by atoms with E-state index in [1.54, 1.807) is 18.2 Å². The van der Waals surface area contributed by atoms with Gasteiger partial charge in [-0.2, -0.15) is 0 Å². The summed E-state index contributed by atoms with van der Waals surface area (Å²) < 4.78 is 6.17. The number of halogens is 2. The Morgan fingerprint density at radius 3 is 2.83 bits per heavy atom. The van der Waals surface area contributed by atoms with Gasteiger partial charge in [-0.3, -0.25) is 10.1 Å². The highest BCUT2D eigenvalue weighted by Gasteiger charge is 2.18. The summed E-state index contributed by atoms with van der Waals surface area (Å²) in [4.78, 5) is 14.1. The first-order chi connectivity index (χ1) is 8.56. The van der Waals surface area contributed by atoms with Crippen LogP contribution in [0, 0.1) is 10.1 Å². The highest BCUT2D eigenvalue weighted by Crippen LogP contribution is 2.31. The molecule has 0 spiro atoms. The first-order valence-electron chi connectivity index (χ1n) is 4.79. The third-order valence-corrected chi connectivity index (χ3v) is 2.71. The topological polar surface area (TPSA) is 65.3 Å². The van der Waals surface area contributed by atoms with Crippen LogP contribution in [0.5, 0.6) is 11.6 Å². The lowest BCUT2D eigenvalue weighted by molar-refractivity contribution is -0.386. The minimum Gasteiger partial charge on any atom is -0.434 e. The van der Waals surface area contributed by atoms with Crippen LogP contribution in [0.3, 0.4) is 0 Å². The van der Waals surface area contributed by atoms with Crippen molar-refractivity contribution in [2.45, 2.75) is 0 Å². The second-order valence-corrected chi connectivity index (χ2v) is 4.65. The highest BCUT2D eigenvalue weighted by molar-refractivity contribution is 9.10. The van der Waals surface area contributed by atoms with Crippen LogP contribution in [-0.4, -0.2) is 9.91 Å². The normalized spacial score (nSPS) is 10.1. The molecule has 92 valence electrons. The van der Waals surface area contributed by atoms with E-state index < -0.39 is 4.92 Å². The molecule has 0 saturated heterocycles. The van der Waals surface area contributed by atoms with Crippen LogP contribution in [0.25, 0.3) is 0 Å². The maximum atomic E-state index is 10.8. The van der Waals surface area contributed by atoms with Crippen molar-refractivity contribution in [3.05, 3.63) is 56.1 Å². The molecule has 1 heterocycles. The fourth-order valence-electron chi connectivity index (χ4n) is 1.27. The van der Waals surface area contributed by atoms with Crippen molar-refractivity contribution in [3.63, 3.8) is 0 Å². The Labute approximate surface area is 116 Å². The maximum Gasteiger partial charge on any atom is 0.332 e. The molecule has 0 bridgehead atoms. The van der Waals surface area contributed by atoms with Gasteiger partial charge in [0.05, 0.1) is 16.1 Å². The fourth-order valence-corrected chi connectivity index (χ4v) is 1.80. The molecule has 0 atom stereocenters. The minimum atomic E-state index is -0.591. The number of rotatable bonds is 3. The van der Waals surface area contributed by atoms with Crippen LogP contribution < -0.4 is 4.74 Å². The number of hydrogen-bond donors (Lipinski definition) is 0. The van der Waals surface area contributed by atoms with Crippen LogP contribution in [0.2, 0.25) is 5.02 Å². The second-order valence-electron chi connectivity index (χ2n) is 3.29. The molecule has 0 amide bonds. The number of ether oxygens (including phenoxy) is 1. The standard InChI is InChI=1S/C11H6BrClN2O3/c12-7-2-1-3-9(4-7)18-11-10(15(16)17)5-8(13)6-14-11/h1-6H. The Kier molecular flexibility index (Phi) is 3.78. The van der Waals surface area contributed by atoms with Crippen molar-refractivity contribution in [1.82, 2.24) is 4.98 Å². The van der Waals surface area contributed by atoms with E-state index in [-0.39, 0.29) is 16.6 Å². The van der Waals surface area contributed by atoms with E-state index in [4.69, 9.17) is 16.3 Å². The minimum absolute atomic E-state index is 0.0949. The third-order valence-electron chi connectivity index (χ3n) is 2.01. The Hall–Kier alpha value is -1.66. The second kappa shape index (κ2) is 5.32. The van der Waals surface area contributed by atoms with Crippen molar-refractivity contribution in [2.75, 3.05) is 0 Å². The summed E-state index contributed by atoms with van der Waals surface area (Å²) in [6.07, 6.45) is 1.29. The lowest BCUT2D eigenvalue weighted by Gasteiger charge is -2.05. The number of hydrogen-bond acceptors (Lipinski definition) is 4. The van der Waals surface area contributed by atoms with Gasteiger partial charge in [0.1, 0.15) is 5.75 Å². The van der Waals surface area contributed by atoms with Crippen molar-refractivity contribution in [2.24, 2.45) is 0 Å². The van der Waals surface area contributed by atoms with Crippen molar-refractivity contribution < 1.29 is 9.66 Å². The van der Waals surface area contributed by atoms with Crippen molar-refractivity contribution in [3.8, 4) is 11.6 Å². The van der Waals surface area contributed by atoms with Gasteiger partial charge in [0, 0.05) is 10.5 Å². The molecule has 1 aromatic heterocycles. The average molecular weight is 330 g/mol. The number of nitrogens with zero attached hydrogens (tertiary/aromatic N) is 2. The molecule has 0 aliphatic heterocycles. The first-order valence-corrected chi connectivity index (χ1v) is 5.97. The van der Waals surface area contributed by atoms with E-state index in [0.29, 0.717) is 5.75 Å². The van der Waals surface area contributed by atoms with Gasteiger partial charge in [-0.25, -0.2) is 4.98 Å². The van der Waals surface area contributed by atoms with Gasteiger partial charge in [-0.05, 0) is 18.2 Å². The molecule has 1 aromatic carbocycles. The van der Waals surface area contributed by atoms with E-state index in [2.05, 4.69) is 20.9 Å². The maximum absolute atomic E-state index is 10.8. The van der Waals surface area contributed by atoms with E-state index in [0.717, 1.165) is 4.47 Å². The lowest BCUT2D eigenvalue weighted by atomic mass is 10.3. The van der Waals surface area contributed by atoms with Crippen LogP contribution in [0.15, 0.2) is 41.0 Å². The quantitative estimate of drug-likeness (QED) is 0.625. The van der Waals surface area contributed by atoms with Crippen molar-refractivity contribution in [1.29, 1.82) is 0 Å². The number of aromatic nitrogens is 1. The van der Waals surface area contributed by atoms with E-state index >= 15 is 0 Å². The molecule has 18 heavy (non-hydrogen) atoms. The zero-order valence-electron chi connectivity index (χ0n) is 8.84. The van der Waals surface area contributed by atoms with Gasteiger partial charge in [-0.15, -0.1) is 0 Å². The van der Waals surface area contributed by atoms with Gasteiger partial charge in [0.25, 0.3) is 5.88 Å². The predicted molar refractivity (Wildman–Crippen MR) is 70.1 cm³/mol. The molecule has 0 aliphatic carbocycles. The van der Waals surface area contributed by atoms with E-state index in [9.17, 15) is 10.1 Å². The number of nitro groups is 1. The summed E-state index contributed by atoms with van der Waals surface area (Å²) in [7, 11) is 0. The highest BCUT2D eigenvalue weighted by atomic mass is 79.9. The molecule has 2 aromatic rings. The Balaban J connectivity index is 2.37. The number of benzene rings is 1. The molecule has 0 unspecified atom stereocenters. The zero-order chi connectivity index (χ0) is 13.1. The monoisotopic (exact) mass is 328 g/mol. The molecule has 0 aliphatic rings. The predicted octanol–water partition coefficient (Wildman–Crippen LogP) is 4.20. The van der Waals surface area contributed by atoms with Gasteiger partial charge in [0.15, 0.2) is 0 Å². The Morgan fingerprint density at radius 1 is 1.39 bits per heavy atom. The molecule has 7 heteroatoms. The van der Waals surface area contributed by atoms with Gasteiger partial charge in [0.2, 0.25) is 0 Å². The summed E-state index contributed by atoms with van der Waals surface area (Å²) in [6, 6.07) is 8.12. The molecule has 0 saturated carbocycles. The van der Waals surface area contributed by atoms with Crippen LogP contribution in [0.1, 0.15) is 0 Å². The molecule has 5 nitrogen and oxygen atoms in total. The SMILES string of the molecule is O=[N+]([O-])c1cc(Cl)cnc1Oc1cccc(Br)c1. The lowest BCUT2D eigenvalue weighted by Crippen LogP contribution is -1.95. The summed E-state index contributed by atoms with van der Waals surface area (Å²) >= 11 is 8.94. The fraction of sp³-hybridized carbons (Fsp3) is 0. The number of pyridine rings is 1.